The van der Waals surface area contributed by atoms with Crippen LogP contribution in [0.1, 0.15) is 51.4 Å². The van der Waals surface area contributed by atoms with E-state index in [1.807, 2.05) is 12.1 Å². The van der Waals surface area contributed by atoms with Crippen LogP contribution in [-0.4, -0.2) is 31.6 Å². The second kappa shape index (κ2) is 7.07. The molecular weight excluding hydrogens is 316 g/mol. The van der Waals surface area contributed by atoms with Crippen LogP contribution in [0.15, 0.2) is 23.2 Å². The molecule has 24 heavy (non-hydrogen) atoms. The van der Waals surface area contributed by atoms with Crippen LogP contribution in [0.4, 0.5) is 0 Å². The Morgan fingerprint density at radius 3 is 2.67 bits per heavy atom. The summed E-state index contributed by atoms with van der Waals surface area (Å²) >= 11 is 0. The van der Waals surface area contributed by atoms with E-state index in [0.29, 0.717) is 11.9 Å². The number of rotatable bonds is 5. The van der Waals surface area contributed by atoms with Crippen LogP contribution in [0.3, 0.4) is 0 Å². The van der Waals surface area contributed by atoms with Gasteiger partial charge < -0.3 is 15.1 Å². The molecule has 1 aliphatic rings. The lowest BCUT2D eigenvalue weighted by Gasteiger charge is -2.40. The first-order valence-corrected chi connectivity index (χ1v) is 11.4. The van der Waals surface area contributed by atoms with E-state index >= 15 is 0 Å². The average Bonchev–Trinajstić information content (AvgIpc) is 2.96. The minimum absolute atomic E-state index is 0.247. The van der Waals surface area contributed by atoms with Crippen LogP contribution < -0.4 is 5.73 Å². The second-order valence-electron chi connectivity index (χ2n) is 7.93. The van der Waals surface area contributed by atoms with Gasteiger partial charge in [-0.25, -0.2) is 4.99 Å². The number of aromatic amines is 1. The molecule has 0 spiro atoms. The summed E-state index contributed by atoms with van der Waals surface area (Å²) in [4.78, 5) is 7.09. The summed E-state index contributed by atoms with van der Waals surface area (Å²) in [6.45, 7) is 11.5. The molecule has 0 radical (unpaired) electrons. The zero-order chi connectivity index (χ0) is 18.0. The minimum atomic E-state index is -1.70. The number of nitrogens with zero attached hydrogens (tertiary/aromatic N) is 1. The Hall–Kier alpha value is -1.66. The van der Waals surface area contributed by atoms with Crippen molar-refractivity contribution < 1.29 is 4.43 Å². The molecule has 0 aromatic carbocycles. The first kappa shape index (κ1) is 18.7. The molecule has 1 heterocycles. The maximum Gasteiger partial charge on any atom is 0.192 e. The molecule has 1 unspecified atom stereocenters. The molecule has 2 rings (SSSR count). The summed E-state index contributed by atoms with van der Waals surface area (Å²) in [7, 11) is -1.70. The number of amidine groups is 1. The molecule has 0 saturated heterocycles. The van der Waals surface area contributed by atoms with Gasteiger partial charge in [0.05, 0.1) is 5.69 Å². The fourth-order valence-electron chi connectivity index (χ4n) is 2.63. The van der Waals surface area contributed by atoms with Gasteiger partial charge in [-0.15, -0.1) is 0 Å². The van der Waals surface area contributed by atoms with Gasteiger partial charge in [0.15, 0.2) is 8.32 Å². The standard InChI is InChI=1S/C18H30N4OSi/c1-18(2,3)24(4,5)23-14-8-6-13(7-9-14)15-10-11-16(22-15)17(20)21-12-19/h6,10-12,14,22H,7-9H2,1-5H3,(H3,19,20,21). The molecule has 1 aromatic rings. The summed E-state index contributed by atoms with van der Waals surface area (Å²) in [6, 6.07) is 3.94. The van der Waals surface area contributed by atoms with E-state index in [2.05, 4.69) is 49.9 Å². The second-order valence-corrected chi connectivity index (χ2v) is 12.7. The zero-order valence-electron chi connectivity index (χ0n) is 15.4. The Balaban J connectivity index is 2.04. The quantitative estimate of drug-likeness (QED) is 0.422. The van der Waals surface area contributed by atoms with Gasteiger partial charge in [0.25, 0.3) is 0 Å². The highest BCUT2D eigenvalue weighted by Crippen LogP contribution is 2.39. The van der Waals surface area contributed by atoms with Crippen molar-refractivity contribution in [3.63, 3.8) is 0 Å². The molecule has 0 bridgehead atoms. The first-order chi connectivity index (χ1) is 11.1. The van der Waals surface area contributed by atoms with Crippen LogP contribution >= 0.6 is 0 Å². The van der Waals surface area contributed by atoms with E-state index in [-0.39, 0.29) is 5.04 Å². The molecule has 6 heteroatoms. The molecule has 4 N–H and O–H groups in total. The van der Waals surface area contributed by atoms with Crippen LogP contribution in [0.5, 0.6) is 0 Å². The predicted molar refractivity (Wildman–Crippen MR) is 104 cm³/mol. The number of hydrogen-bond donors (Lipinski definition) is 3. The Labute approximate surface area is 146 Å². The van der Waals surface area contributed by atoms with Gasteiger partial charge in [0.1, 0.15) is 12.2 Å². The van der Waals surface area contributed by atoms with Crippen LogP contribution in [0.25, 0.3) is 5.57 Å². The summed E-state index contributed by atoms with van der Waals surface area (Å²) in [5.74, 6) is 0.340. The van der Waals surface area contributed by atoms with Gasteiger partial charge in [-0.2, -0.15) is 0 Å². The van der Waals surface area contributed by atoms with Crippen molar-refractivity contribution in [3.8, 4) is 0 Å². The molecule has 1 atom stereocenters. The van der Waals surface area contributed by atoms with Crippen molar-refractivity contribution in [3.05, 3.63) is 29.6 Å². The molecule has 0 saturated carbocycles. The van der Waals surface area contributed by atoms with Gasteiger partial charge in [-0.1, -0.05) is 26.8 Å². The van der Waals surface area contributed by atoms with E-state index in [9.17, 15) is 0 Å². The number of aliphatic imine (C=N–C) groups is 1. The van der Waals surface area contributed by atoms with E-state index in [0.717, 1.165) is 37.0 Å². The van der Waals surface area contributed by atoms with Crippen molar-refractivity contribution >= 4 is 26.1 Å². The normalized spacial score (nSPS) is 20.0. The number of allylic oxidation sites excluding steroid dienone is 1. The Morgan fingerprint density at radius 1 is 1.42 bits per heavy atom. The lowest BCUT2D eigenvalue weighted by molar-refractivity contribution is 0.172. The van der Waals surface area contributed by atoms with Crippen molar-refractivity contribution in [1.82, 2.24) is 4.98 Å². The summed E-state index contributed by atoms with van der Waals surface area (Å²) in [5, 5.41) is 7.24. The topological polar surface area (TPSA) is 87.2 Å². The minimum Gasteiger partial charge on any atom is -0.414 e. The first-order valence-electron chi connectivity index (χ1n) is 8.53. The third-order valence-corrected chi connectivity index (χ3v) is 9.68. The van der Waals surface area contributed by atoms with Gasteiger partial charge in [-0.3, -0.25) is 5.41 Å². The lowest BCUT2D eigenvalue weighted by atomic mass is 9.95. The predicted octanol–water partition coefficient (Wildman–Crippen LogP) is 4.28. The van der Waals surface area contributed by atoms with Crippen molar-refractivity contribution in [2.24, 2.45) is 10.7 Å². The van der Waals surface area contributed by atoms with Crippen LogP contribution in [-0.2, 0) is 4.43 Å². The number of nitrogens with two attached hydrogens (primary N) is 1. The molecule has 1 aliphatic carbocycles. The highest BCUT2D eigenvalue weighted by Gasteiger charge is 2.39. The summed E-state index contributed by atoms with van der Waals surface area (Å²) < 4.78 is 6.52. The third kappa shape index (κ3) is 4.24. The molecule has 0 fully saturated rings. The van der Waals surface area contributed by atoms with Crippen LogP contribution in [0, 0.1) is 5.41 Å². The molecule has 5 nitrogen and oxygen atoms in total. The third-order valence-electron chi connectivity index (χ3n) is 5.14. The highest BCUT2D eigenvalue weighted by atomic mass is 28.4. The SMILES string of the molecule is CC(C)(C)[Si](C)(C)OC1CC=C(c2ccc(C(N)=NC=N)[nH]2)CC1. The van der Waals surface area contributed by atoms with Crippen molar-refractivity contribution in [2.75, 3.05) is 0 Å². The zero-order valence-corrected chi connectivity index (χ0v) is 16.4. The highest BCUT2D eigenvalue weighted by molar-refractivity contribution is 6.74. The fraction of sp³-hybridized carbons (Fsp3) is 0.556. The van der Waals surface area contributed by atoms with E-state index < -0.39 is 8.32 Å². The maximum atomic E-state index is 6.99. The van der Waals surface area contributed by atoms with Gasteiger partial charge >= 0.3 is 0 Å². The number of hydrogen-bond acceptors (Lipinski definition) is 2. The van der Waals surface area contributed by atoms with Crippen LogP contribution in [0.2, 0.25) is 18.1 Å². The Morgan fingerprint density at radius 2 is 2.12 bits per heavy atom. The number of nitrogens with one attached hydrogen (secondary N) is 2. The fourth-order valence-corrected chi connectivity index (χ4v) is 4.03. The van der Waals surface area contributed by atoms with E-state index in [1.165, 1.54) is 5.57 Å². The van der Waals surface area contributed by atoms with Crippen molar-refractivity contribution in [1.29, 1.82) is 5.41 Å². The maximum absolute atomic E-state index is 6.99. The van der Waals surface area contributed by atoms with Gasteiger partial charge in [0.2, 0.25) is 0 Å². The van der Waals surface area contributed by atoms with Gasteiger partial charge in [-0.05, 0) is 55.1 Å². The largest absolute Gasteiger partial charge is 0.414 e. The molecule has 1 aromatic heterocycles. The van der Waals surface area contributed by atoms with E-state index in [4.69, 9.17) is 15.6 Å². The molecule has 0 amide bonds. The monoisotopic (exact) mass is 346 g/mol. The van der Waals surface area contributed by atoms with Gasteiger partial charge in [0, 0.05) is 11.8 Å². The molecule has 132 valence electrons. The summed E-state index contributed by atoms with van der Waals surface area (Å²) in [5.41, 5.74) is 8.96. The van der Waals surface area contributed by atoms with Crippen molar-refractivity contribution in [2.45, 2.75) is 64.3 Å². The Bertz CT molecular complexity index is 652. The molecule has 0 aliphatic heterocycles. The Kier molecular flexibility index (Phi) is 5.50. The van der Waals surface area contributed by atoms with E-state index in [1.54, 1.807) is 0 Å². The number of H-pyrrole nitrogens is 1. The smallest absolute Gasteiger partial charge is 0.192 e. The molecular formula is C18H30N4OSi. The average molecular weight is 347 g/mol. The lowest BCUT2D eigenvalue weighted by Crippen LogP contribution is -2.44. The summed E-state index contributed by atoms with van der Waals surface area (Å²) in [6.07, 6.45) is 6.57. The number of aromatic nitrogens is 1.